The molecule has 0 aliphatic heterocycles. The predicted octanol–water partition coefficient (Wildman–Crippen LogP) is 1.79. The van der Waals surface area contributed by atoms with Gasteiger partial charge in [-0.05, 0) is 6.07 Å². The first-order chi connectivity index (χ1) is 9.63. The molecule has 3 aromatic heterocycles. The molecule has 3 aromatic rings. The van der Waals surface area contributed by atoms with E-state index in [9.17, 15) is 9.18 Å². The summed E-state index contributed by atoms with van der Waals surface area (Å²) < 4.78 is 13.0. The molecule has 3 rings (SSSR count). The molecule has 2 N–H and O–H groups in total. The summed E-state index contributed by atoms with van der Waals surface area (Å²) in [4.78, 5) is 30.1. The van der Waals surface area contributed by atoms with Gasteiger partial charge in [-0.15, -0.1) is 0 Å². The van der Waals surface area contributed by atoms with Gasteiger partial charge < -0.3 is 4.98 Å². The molecule has 0 radical (unpaired) electrons. The van der Waals surface area contributed by atoms with Gasteiger partial charge in [-0.3, -0.25) is 15.1 Å². The zero-order valence-corrected chi connectivity index (χ0v) is 10.5. The number of aromatic amines is 1. The summed E-state index contributed by atoms with van der Waals surface area (Å²) in [7, 11) is 0. The van der Waals surface area contributed by atoms with Crippen LogP contribution < -0.4 is 5.32 Å². The van der Waals surface area contributed by atoms with Crippen LogP contribution in [0.1, 0.15) is 10.4 Å². The third-order valence-electron chi connectivity index (χ3n) is 2.43. The number of nitrogens with zero attached hydrogens (tertiary/aromatic N) is 4. The van der Waals surface area contributed by atoms with Crippen molar-refractivity contribution in [2.45, 2.75) is 0 Å². The van der Waals surface area contributed by atoms with Crippen LogP contribution >= 0.6 is 11.6 Å². The van der Waals surface area contributed by atoms with Crippen molar-refractivity contribution >= 4 is 34.6 Å². The van der Waals surface area contributed by atoms with Gasteiger partial charge in [0.2, 0.25) is 5.95 Å². The van der Waals surface area contributed by atoms with E-state index in [2.05, 4.69) is 30.2 Å². The quantitative estimate of drug-likeness (QED) is 0.702. The average molecular weight is 293 g/mol. The van der Waals surface area contributed by atoms with Crippen LogP contribution in [0, 0.1) is 5.82 Å². The minimum Gasteiger partial charge on any atom is -0.341 e. The number of amides is 1. The van der Waals surface area contributed by atoms with Crippen molar-refractivity contribution in [3.05, 3.63) is 41.3 Å². The van der Waals surface area contributed by atoms with Gasteiger partial charge in [-0.25, -0.2) is 9.37 Å². The highest BCUT2D eigenvalue weighted by Crippen LogP contribution is 2.18. The number of hydrogen-bond donors (Lipinski definition) is 2. The standard InChI is InChI=1S/C11H6ClFN6O/c12-8-7-9(16-4-15-7)18-11(17-8)19-10(20)5-1-6(13)3-14-2-5/h1-4H,(H2,15,16,17,18,19,20). The SMILES string of the molecule is O=C(Nc1nc(Cl)c2[nH]cnc2n1)c1cncc(F)c1. The Hall–Kier alpha value is -2.61. The number of H-pyrrole nitrogens is 1. The number of imidazole rings is 1. The lowest BCUT2D eigenvalue weighted by Gasteiger charge is -2.03. The summed E-state index contributed by atoms with van der Waals surface area (Å²) in [6.07, 6.45) is 3.64. The Balaban J connectivity index is 1.91. The molecule has 0 aliphatic rings. The van der Waals surface area contributed by atoms with E-state index in [1.165, 1.54) is 12.5 Å². The summed E-state index contributed by atoms with van der Waals surface area (Å²) in [5, 5.41) is 2.53. The molecule has 0 saturated carbocycles. The predicted molar refractivity (Wildman–Crippen MR) is 68.8 cm³/mol. The summed E-state index contributed by atoms with van der Waals surface area (Å²) in [5.74, 6) is -1.23. The number of fused-ring (bicyclic) bond motifs is 1. The van der Waals surface area contributed by atoms with Gasteiger partial charge in [0, 0.05) is 6.20 Å². The summed E-state index contributed by atoms with van der Waals surface area (Å²) >= 11 is 5.91. The molecule has 0 atom stereocenters. The topological polar surface area (TPSA) is 96.5 Å². The number of aromatic nitrogens is 5. The molecular formula is C11H6ClFN6O. The smallest absolute Gasteiger partial charge is 0.259 e. The molecular weight excluding hydrogens is 287 g/mol. The second-order valence-corrected chi connectivity index (χ2v) is 4.14. The molecule has 0 spiro atoms. The van der Waals surface area contributed by atoms with E-state index in [-0.39, 0.29) is 16.7 Å². The molecule has 0 unspecified atom stereocenters. The maximum absolute atomic E-state index is 13.0. The Bertz CT molecular complexity index is 804. The van der Waals surface area contributed by atoms with Gasteiger partial charge in [0.05, 0.1) is 18.1 Å². The lowest BCUT2D eigenvalue weighted by Crippen LogP contribution is -2.15. The maximum atomic E-state index is 13.0. The van der Waals surface area contributed by atoms with Crippen molar-refractivity contribution in [3.63, 3.8) is 0 Å². The lowest BCUT2D eigenvalue weighted by atomic mass is 10.2. The first-order valence-electron chi connectivity index (χ1n) is 5.42. The number of carbonyl (C=O) groups is 1. The molecule has 0 saturated heterocycles. The normalized spacial score (nSPS) is 10.7. The van der Waals surface area contributed by atoms with Gasteiger partial charge in [0.25, 0.3) is 5.91 Å². The number of halogens is 2. The molecule has 100 valence electrons. The van der Waals surface area contributed by atoms with Gasteiger partial charge in [0.15, 0.2) is 10.8 Å². The van der Waals surface area contributed by atoms with Crippen LogP contribution in [-0.4, -0.2) is 30.8 Å². The van der Waals surface area contributed by atoms with E-state index in [1.807, 2.05) is 0 Å². The summed E-state index contributed by atoms with van der Waals surface area (Å²) in [6, 6.07) is 1.05. The van der Waals surface area contributed by atoms with Crippen molar-refractivity contribution < 1.29 is 9.18 Å². The van der Waals surface area contributed by atoms with Crippen molar-refractivity contribution in [2.75, 3.05) is 5.32 Å². The van der Waals surface area contributed by atoms with Crippen LogP contribution in [0.3, 0.4) is 0 Å². The Morgan fingerprint density at radius 2 is 2.20 bits per heavy atom. The molecule has 1 amide bonds. The van der Waals surface area contributed by atoms with Crippen LogP contribution in [0.15, 0.2) is 24.8 Å². The maximum Gasteiger partial charge on any atom is 0.259 e. The first-order valence-corrected chi connectivity index (χ1v) is 5.80. The molecule has 0 fully saturated rings. The number of anilines is 1. The molecule has 0 bridgehead atoms. The number of hydrogen-bond acceptors (Lipinski definition) is 5. The van der Waals surface area contributed by atoms with Crippen molar-refractivity contribution in [3.8, 4) is 0 Å². The second kappa shape index (κ2) is 4.82. The van der Waals surface area contributed by atoms with E-state index in [1.54, 1.807) is 0 Å². The van der Waals surface area contributed by atoms with Crippen molar-refractivity contribution in [1.29, 1.82) is 0 Å². The van der Waals surface area contributed by atoms with E-state index >= 15 is 0 Å². The van der Waals surface area contributed by atoms with Crippen LogP contribution in [0.4, 0.5) is 10.3 Å². The summed E-state index contributed by atoms with van der Waals surface area (Å²) in [6.45, 7) is 0. The van der Waals surface area contributed by atoms with E-state index < -0.39 is 11.7 Å². The Kier molecular flexibility index (Phi) is 2.99. The number of pyridine rings is 1. The van der Waals surface area contributed by atoms with Gasteiger partial charge in [0.1, 0.15) is 11.3 Å². The molecule has 3 heterocycles. The van der Waals surface area contributed by atoms with Crippen molar-refractivity contribution in [1.82, 2.24) is 24.9 Å². The lowest BCUT2D eigenvalue weighted by molar-refractivity contribution is 0.102. The fraction of sp³-hybridized carbons (Fsp3) is 0. The largest absolute Gasteiger partial charge is 0.341 e. The minimum atomic E-state index is -0.612. The fourth-order valence-corrected chi connectivity index (χ4v) is 1.78. The van der Waals surface area contributed by atoms with E-state index in [0.717, 1.165) is 12.3 Å². The first kappa shape index (κ1) is 12.4. The minimum absolute atomic E-state index is 0.0242. The Morgan fingerprint density at radius 1 is 1.35 bits per heavy atom. The van der Waals surface area contributed by atoms with Crippen LogP contribution in [0.5, 0.6) is 0 Å². The van der Waals surface area contributed by atoms with Gasteiger partial charge >= 0.3 is 0 Å². The third-order valence-corrected chi connectivity index (χ3v) is 2.71. The highest BCUT2D eigenvalue weighted by Gasteiger charge is 2.12. The van der Waals surface area contributed by atoms with Gasteiger partial charge in [-0.2, -0.15) is 9.97 Å². The third kappa shape index (κ3) is 2.28. The van der Waals surface area contributed by atoms with Gasteiger partial charge in [-0.1, -0.05) is 11.6 Å². The second-order valence-electron chi connectivity index (χ2n) is 3.79. The highest BCUT2D eigenvalue weighted by molar-refractivity contribution is 6.33. The monoisotopic (exact) mass is 292 g/mol. The van der Waals surface area contributed by atoms with E-state index in [0.29, 0.717) is 11.2 Å². The van der Waals surface area contributed by atoms with Crippen molar-refractivity contribution in [2.24, 2.45) is 0 Å². The molecule has 20 heavy (non-hydrogen) atoms. The summed E-state index contributed by atoms with van der Waals surface area (Å²) in [5.41, 5.74) is 0.835. The number of rotatable bonds is 2. The zero-order chi connectivity index (χ0) is 14.1. The average Bonchev–Trinajstić information content (AvgIpc) is 2.87. The van der Waals surface area contributed by atoms with Crippen LogP contribution in [0.2, 0.25) is 5.15 Å². The molecule has 0 aliphatic carbocycles. The fourth-order valence-electron chi connectivity index (χ4n) is 1.56. The van der Waals surface area contributed by atoms with E-state index in [4.69, 9.17) is 11.6 Å². The van der Waals surface area contributed by atoms with Crippen LogP contribution in [-0.2, 0) is 0 Å². The molecule has 0 aromatic carbocycles. The number of nitrogens with one attached hydrogen (secondary N) is 2. The molecule has 7 nitrogen and oxygen atoms in total. The Labute approximate surface area is 116 Å². The molecule has 9 heteroatoms. The Morgan fingerprint density at radius 3 is 3.00 bits per heavy atom. The highest BCUT2D eigenvalue weighted by atomic mass is 35.5. The zero-order valence-electron chi connectivity index (χ0n) is 9.76. The number of carbonyl (C=O) groups excluding carboxylic acids is 1. The van der Waals surface area contributed by atoms with Crippen LogP contribution in [0.25, 0.3) is 11.2 Å².